The Morgan fingerprint density at radius 3 is 2.48 bits per heavy atom. The number of nitrogens with zero attached hydrogens (tertiary/aromatic N) is 1. The molecule has 1 N–H and O–H groups in total. The van der Waals surface area contributed by atoms with Crippen molar-refractivity contribution in [3.63, 3.8) is 0 Å². The number of nitrogens with one attached hydrogen (secondary N) is 1. The SMILES string of the molecule is CCCc1ccc(-c2csc(NC(=O)c3ccc(OC)c(OC)c3)n2)cc1. The largest absolute Gasteiger partial charge is 0.493 e. The third kappa shape index (κ3) is 4.46. The summed E-state index contributed by atoms with van der Waals surface area (Å²) >= 11 is 1.40. The number of hydrogen-bond acceptors (Lipinski definition) is 5. The highest BCUT2D eigenvalue weighted by molar-refractivity contribution is 7.14. The van der Waals surface area contributed by atoms with Crippen LogP contribution in [0.4, 0.5) is 5.13 Å². The summed E-state index contributed by atoms with van der Waals surface area (Å²) < 4.78 is 10.4. The van der Waals surface area contributed by atoms with Gasteiger partial charge in [-0.3, -0.25) is 10.1 Å². The maximum atomic E-state index is 12.5. The number of carbonyl (C=O) groups excluding carboxylic acids is 1. The van der Waals surface area contributed by atoms with Gasteiger partial charge in [0.05, 0.1) is 19.9 Å². The molecule has 0 saturated heterocycles. The molecule has 0 fully saturated rings. The number of amides is 1. The maximum absolute atomic E-state index is 12.5. The Morgan fingerprint density at radius 1 is 1.07 bits per heavy atom. The molecule has 1 heterocycles. The topological polar surface area (TPSA) is 60.5 Å². The van der Waals surface area contributed by atoms with Crippen molar-refractivity contribution in [2.24, 2.45) is 0 Å². The van der Waals surface area contributed by atoms with Gasteiger partial charge >= 0.3 is 0 Å². The van der Waals surface area contributed by atoms with Crippen LogP contribution in [0.15, 0.2) is 47.8 Å². The van der Waals surface area contributed by atoms with Crippen LogP contribution in [0.2, 0.25) is 0 Å². The summed E-state index contributed by atoms with van der Waals surface area (Å²) in [4.78, 5) is 17.0. The molecule has 0 atom stereocenters. The molecule has 3 rings (SSSR count). The lowest BCUT2D eigenvalue weighted by Crippen LogP contribution is -2.12. The number of carbonyl (C=O) groups is 1. The molecule has 0 saturated carbocycles. The van der Waals surface area contributed by atoms with Crippen molar-refractivity contribution < 1.29 is 14.3 Å². The monoisotopic (exact) mass is 382 g/mol. The van der Waals surface area contributed by atoms with Gasteiger partial charge in [-0.25, -0.2) is 4.98 Å². The van der Waals surface area contributed by atoms with Crippen molar-refractivity contribution >= 4 is 22.4 Å². The van der Waals surface area contributed by atoms with Gasteiger partial charge in [-0.15, -0.1) is 11.3 Å². The number of hydrogen-bond donors (Lipinski definition) is 1. The first-order valence-corrected chi connectivity index (χ1v) is 9.60. The van der Waals surface area contributed by atoms with Gasteiger partial charge in [0, 0.05) is 16.5 Å². The van der Waals surface area contributed by atoms with Gasteiger partial charge in [0.1, 0.15) is 0 Å². The Hall–Kier alpha value is -2.86. The first-order valence-electron chi connectivity index (χ1n) is 8.72. The second kappa shape index (κ2) is 8.68. The van der Waals surface area contributed by atoms with Gasteiger partial charge in [0.25, 0.3) is 5.91 Å². The van der Waals surface area contributed by atoms with Gasteiger partial charge in [-0.1, -0.05) is 37.6 Å². The third-order valence-corrected chi connectivity index (χ3v) is 4.92. The first-order chi connectivity index (χ1) is 13.1. The predicted octanol–water partition coefficient (Wildman–Crippen LogP) is 5.03. The highest BCUT2D eigenvalue weighted by atomic mass is 32.1. The zero-order chi connectivity index (χ0) is 19.2. The van der Waals surface area contributed by atoms with Crippen molar-refractivity contribution in [2.75, 3.05) is 19.5 Å². The van der Waals surface area contributed by atoms with E-state index in [1.54, 1.807) is 32.4 Å². The molecule has 27 heavy (non-hydrogen) atoms. The average molecular weight is 382 g/mol. The quantitative estimate of drug-likeness (QED) is 0.622. The smallest absolute Gasteiger partial charge is 0.257 e. The first kappa shape index (κ1) is 18.9. The van der Waals surface area contributed by atoms with Crippen LogP contribution in [0.25, 0.3) is 11.3 Å². The van der Waals surface area contributed by atoms with Gasteiger partial charge < -0.3 is 9.47 Å². The minimum atomic E-state index is -0.241. The van der Waals surface area contributed by atoms with Crippen molar-refractivity contribution in [1.82, 2.24) is 4.98 Å². The molecule has 140 valence electrons. The molecule has 0 spiro atoms. The summed E-state index contributed by atoms with van der Waals surface area (Å²) in [5, 5.41) is 5.34. The van der Waals surface area contributed by atoms with E-state index in [1.807, 2.05) is 5.38 Å². The van der Waals surface area contributed by atoms with Crippen molar-refractivity contribution in [3.05, 3.63) is 59.0 Å². The van der Waals surface area contributed by atoms with E-state index in [0.717, 1.165) is 24.1 Å². The molecular weight excluding hydrogens is 360 g/mol. The summed E-state index contributed by atoms with van der Waals surface area (Å²) in [5.41, 5.74) is 3.69. The zero-order valence-electron chi connectivity index (χ0n) is 15.6. The third-order valence-electron chi connectivity index (χ3n) is 4.16. The normalized spacial score (nSPS) is 10.5. The van der Waals surface area contributed by atoms with Crippen LogP contribution in [0.1, 0.15) is 29.3 Å². The molecule has 2 aromatic carbocycles. The van der Waals surface area contributed by atoms with E-state index in [2.05, 4.69) is 41.5 Å². The van der Waals surface area contributed by atoms with Crippen LogP contribution in [-0.2, 0) is 6.42 Å². The molecule has 0 unspecified atom stereocenters. The van der Waals surface area contributed by atoms with Crippen molar-refractivity contribution in [3.8, 4) is 22.8 Å². The van der Waals surface area contributed by atoms with Crippen LogP contribution in [0, 0.1) is 0 Å². The Balaban J connectivity index is 1.72. The number of aromatic nitrogens is 1. The molecule has 6 heteroatoms. The molecule has 0 aliphatic rings. The highest BCUT2D eigenvalue weighted by Gasteiger charge is 2.13. The number of methoxy groups -OCH3 is 2. The van der Waals surface area contributed by atoms with E-state index in [1.165, 1.54) is 16.9 Å². The lowest BCUT2D eigenvalue weighted by atomic mass is 10.1. The van der Waals surface area contributed by atoms with E-state index in [9.17, 15) is 4.79 Å². The summed E-state index contributed by atoms with van der Waals surface area (Å²) in [6.07, 6.45) is 2.20. The number of benzene rings is 2. The van der Waals surface area contributed by atoms with E-state index in [-0.39, 0.29) is 5.91 Å². The Bertz CT molecular complexity index is 919. The fourth-order valence-corrected chi connectivity index (χ4v) is 3.46. The van der Waals surface area contributed by atoms with Crippen LogP contribution in [0.5, 0.6) is 11.5 Å². The summed E-state index contributed by atoms with van der Waals surface area (Å²) in [6, 6.07) is 13.4. The van der Waals surface area contributed by atoms with E-state index in [0.29, 0.717) is 22.2 Å². The average Bonchev–Trinajstić information content (AvgIpc) is 3.16. The Labute approximate surface area is 163 Å². The predicted molar refractivity (Wildman–Crippen MR) is 109 cm³/mol. The Kier molecular flexibility index (Phi) is 6.08. The zero-order valence-corrected chi connectivity index (χ0v) is 16.4. The molecule has 3 aromatic rings. The highest BCUT2D eigenvalue weighted by Crippen LogP contribution is 2.29. The molecule has 0 aliphatic carbocycles. The lowest BCUT2D eigenvalue weighted by Gasteiger charge is -2.09. The standard InChI is InChI=1S/C21H22N2O3S/c1-4-5-14-6-8-15(9-7-14)17-13-27-21(22-17)23-20(24)16-10-11-18(25-2)19(12-16)26-3/h6-13H,4-5H2,1-3H3,(H,22,23,24). The van der Waals surface area contributed by atoms with E-state index < -0.39 is 0 Å². The number of rotatable bonds is 7. The van der Waals surface area contributed by atoms with Gasteiger partial charge in [-0.05, 0) is 30.2 Å². The molecule has 5 nitrogen and oxygen atoms in total. The van der Waals surface area contributed by atoms with E-state index >= 15 is 0 Å². The number of aryl methyl sites for hydroxylation is 1. The summed E-state index contributed by atoms with van der Waals surface area (Å²) in [7, 11) is 3.10. The maximum Gasteiger partial charge on any atom is 0.257 e. The summed E-state index contributed by atoms with van der Waals surface area (Å²) in [5.74, 6) is 0.851. The minimum Gasteiger partial charge on any atom is -0.493 e. The van der Waals surface area contributed by atoms with Gasteiger partial charge in [-0.2, -0.15) is 0 Å². The fourth-order valence-electron chi connectivity index (χ4n) is 2.74. The van der Waals surface area contributed by atoms with Crippen LogP contribution >= 0.6 is 11.3 Å². The molecule has 0 radical (unpaired) electrons. The molecule has 0 aliphatic heterocycles. The molecule has 1 aromatic heterocycles. The van der Waals surface area contributed by atoms with Crippen LogP contribution < -0.4 is 14.8 Å². The van der Waals surface area contributed by atoms with Gasteiger partial charge in [0.2, 0.25) is 0 Å². The second-order valence-electron chi connectivity index (χ2n) is 6.01. The number of anilines is 1. The van der Waals surface area contributed by atoms with Crippen molar-refractivity contribution in [1.29, 1.82) is 0 Å². The van der Waals surface area contributed by atoms with Crippen LogP contribution in [-0.4, -0.2) is 25.1 Å². The van der Waals surface area contributed by atoms with E-state index in [4.69, 9.17) is 9.47 Å². The minimum absolute atomic E-state index is 0.241. The van der Waals surface area contributed by atoms with Gasteiger partial charge in [0.15, 0.2) is 16.6 Å². The number of thiazole rings is 1. The molecular formula is C21H22N2O3S. The molecule has 0 bridgehead atoms. The second-order valence-corrected chi connectivity index (χ2v) is 6.87. The summed E-state index contributed by atoms with van der Waals surface area (Å²) in [6.45, 7) is 2.17. The Morgan fingerprint density at radius 2 is 1.81 bits per heavy atom. The lowest BCUT2D eigenvalue weighted by molar-refractivity contribution is 0.102. The number of ether oxygens (including phenoxy) is 2. The molecule has 1 amide bonds. The van der Waals surface area contributed by atoms with Crippen molar-refractivity contribution in [2.45, 2.75) is 19.8 Å². The fraction of sp³-hybridized carbons (Fsp3) is 0.238. The van der Waals surface area contributed by atoms with Crippen LogP contribution in [0.3, 0.4) is 0 Å².